The van der Waals surface area contributed by atoms with Crippen LogP contribution >= 0.6 is 0 Å². The Morgan fingerprint density at radius 3 is 2.66 bits per heavy atom. The van der Waals surface area contributed by atoms with Gasteiger partial charge in [0.05, 0.1) is 29.4 Å². The number of aromatic amines is 1. The lowest BCUT2D eigenvalue weighted by molar-refractivity contribution is 0.250. The largest absolute Gasteiger partial charge is 0.493 e. The van der Waals surface area contributed by atoms with Gasteiger partial charge in [-0.05, 0) is 51.3 Å². The number of hydrogen-bond acceptors (Lipinski definition) is 7. The van der Waals surface area contributed by atoms with E-state index >= 15 is 0 Å². The molecule has 1 unspecified atom stereocenters. The summed E-state index contributed by atoms with van der Waals surface area (Å²) in [5.74, 6) is 1.44. The smallest absolute Gasteiger partial charge is 0.334 e. The predicted octanol–water partition coefficient (Wildman–Crippen LogP) is 2.89. The van der Waals surface area contributed by atoms with Gasteiger partial charge in [0.25, 0.3) is 0 Å². The second-order valence-corrected chi connectivity index (χ2v) is 10.7. The van der Waals surface area contributed by atoms with Crippen molar-refractivity contribution in [3.05, 3.63) is 40.2 Å². The highest BCUT2D eigenvalue weighted by molar-refractivity contribution is 7.89. The topological polar surface area (TPSA) is 139 Å². The van der Waals surface area contributed by atoms with E-state index in [1.807, 2.05) is 13.8 Å². The predicted molar refractivity (Wildman–Crippen MR) is 132 cm³/mol. The first kappa shape index (κ1) is 25.3. The lowest BCUT2D eigenvalue weighted by Gasteiger charge is -2.17. The van der Waals surface area contributed by atoms with Gasteiger partial charge in [-0.25, -0.2) is 32.3 Å². The van der Waals surface area contributed by atoms with Crippen LogP contribution in [0.15, 0.2) is 27.9 Å². The maximum Gasteiger partial charge on any atom is 0.334 e. The van der Waals surface area contributed by atoms with Crippen LogP contribution in [-0.2, 0) is 10.0 Å². The van der Waals surface area contributed by atoms with E-state index in [-0.39, 0.29) is 23.2 Å². The Labute approximate surface area is 204 Å². The Hall–Kier alpha value is -2.76. The number of H-pyrrole nitrogens is 1. The molecule has 1 atom stereocenters. The van der Waals surface area contributed by atoms with Crippen molar-refractivity contribution in [3.63, 3.8) is 0 Å². The van der Waals surface area contributed by atoms with Crippen molar-refractivity contribution >= 4 is 15.7 Å². The lowest BCUT2D eigenvalue weighted by Crippen LogP contribution is -2.37. The van der Waals surface area contributed by atoms with Gasteiger partial charge >= 0.3 is 5.69 Å². The first-order chi connectivity index (χ1) is 16.8. The van der Waals surface area contributed by atoms with Crippen molar-refractivity contribution in [3.8, 4) is 17.1 Å². The van der Waals surface area contributed by atoms with Crippen LogP contribution in [-0.4, -0.2) is 52.1 Å². The summed E-state index contributed by atoms with van der Waals surface area (Å²) in [5.41, 5.74) is 1.27. The normalized spacial score (nSPS) is 15.7. The van der Waals surface area contributed by atoms with Gasteiger partial charge in [0.2, 0.25) is 10.0 Å². The highest BCUT2D eigenvalue weighted by atomic mass is 32.2. The third-order valence-electron chi connectivity index (χ3n) is 6.43. The van der Waals surface area contributed by atoms with Crippen LogP contribution in [0.5, 0.6) is 5.75 Å². The molecule has 3 aromatic rings. The van der Waals surface area contributed by atoms with Crippen molar-refractivity contribution < 1.29 is 18.3 Å². The number of aliphatic hydroxyl groups is 1. The van der Waals surface area contributed by atoms with Crippen LogP contribution in [0.1, 0.15) is 69.8 Å². The number of nitrogens with zero attached hydrogens (tertiary/aromatic N) is 3. The van der Waals surface area contributed by atoms with E-state index in [2.05, 4.69) is 14.7 Å². The van der Waals surface area contributed by atoms with Gasteiger partial charge < -0.3 is 9.84 Å². The van der Waals surface area contributed by atoms with E-state index in [4.69, 9.17) is 9.72 Å². The van der Waals surface area contributed by atoms with Crippen LogP contribution in [0.25, 0.3) is 17.0 Å². The summed E-state index contributed by atoms with van der Waals surface area (Å²) in [6.07, 6.45) is 5.48. The number of aryl methyl sites for hydroxylation is 1. The van der Waals surface area contributed by atoms with E-state index in [1.165, 1.54) is 16.5 Å². The first-order valence-electron chi connectivity index (χ1n) is 12.2. The third kappa shape index (κ3) is 5.12. The van der Waals surface area contributed by atoms with Crippen LogP contribution in [0, 0.1) is 6.92 Å². The Kier molecular flexibility index (Phi) is 7.58. The molecule has 0 amide bonds. The number of hydrogen-bond donors (Lipinski definition) is 3. The Morgan fingerprint density at radius 2 is 2.00 bits per heavy atom. The quantitative estimate of drug-likeness (QED) is 0.387. The summed E-state index contributed by atoms with van der Waals surface area (Å²) in [5, 5.41) is 9.56. The maximum absolute atomic E-state index is 13.1. The van der Waals surface area contributed by atoms with Gasteiger partial charge in [-0.2, -0.15) is 0 Å². The summed E-state index contributed by atoms with van der Waals surface area (Å²) >= 11 is 0. The number of rotatable bonds is 10. The summed E-state index contributed by atoms with van der Waals surface area (Å²) in [4.78, 5) is 25.2. The van der Waals surface area contributed by atoms with E-state index < -0.39 is 21.8 Å². The summed E-state index contributed by atoms with van der Waals surface area (Å²) in [6, 6.07) is 3.87. The minimum Gasteiger partial charge on any atom is -0.493 e. The molecule has 0 saturated heterocycles. The van der Waals surface area contributed by atoms with Gasteiger partial charge in [0.15, 0.2) is 5.65 Å². The molecule has 0 spiro atoms. The Balaban J connectivity index is 1.84. The number of sulfonamides is 1. The molecule has 0 radical (unpaired) electrons. The van der Waals surface area contributed by atoms with E-state index in [0.29, 0.717) is 35.8 Å². The molecule has 190 valence electrons. The number of fused-ring (bicyclic) bond motifs is 1. The van der Waals surface area contributed by atoms with E-state index in [9.17, 15) is 18.3 Å². The van der Waals surface area contributed by atoms with Gasteiger partial charge in [-0.15, -0.1) is 0 Å². The van der Waals surface area contributed by atoms with E-state index in [1.54, 1.807) is 13.0 Å². The molecule has 0 aliphatic heterocycles. The molecule has 1 aliphatic rings. The fourth-order valence-electron chi connectivity index (χ4n) is 4.75. The minimum absolute atomic E-state index is 0.00580. The minimum atomic E-state index is -3.93. The molecular formula is C24H33N5O5S. The number of benzene rings is 1. The SMILES string of the molecule is CCCC(CO)NS(=O)(=O)c1ccc(OCC)c(-c2nc3c(C4CCCC4)nc(C)n3c(=O)[nH]2)c1. The fraction of sp³-hybridized carbons (Fsp3) is 0.542. The van der Waals surface area contributed by atoms with Gasteiger partial charge in [-0.3, -0.25) is 4.98 Å². The Bertz CT molecular complexity index is 1360. The van der Waals surface area contributed by atoms with Crippen molar-refractivity contribution in [1.82, 2.24) is 24.1 Å². The molecule has 0 bridgehead atoms. The highest BCUT2D eigenvalue weighted by Crippen LogP contribution is 2.36. The zero-order valence-corrected chi connectivity index (χ0v) is 21.2. The molecule has 1 aliphatic carbocycles. The van der Waals surface area contributed by atoms with Gasteiger partial charge in [-0.1, -0.05) is 26.2 Å². The van der Waals surface area contributed by atoms with Crippen molar-refractivity contribution in [2.45, 2.75) is 76.2 Å². The third-order valence-corrected chi connectivity index (χ3v) is 7.95. The Morgan fingerprint density at radius 1 is 1.26 bits per heavy atom. The number of aliphatic hydroxyl groups excluding tert-OH is 1. The lowest BCUT2D eigenvalue weighted by atomic mass is 10.0. The van der Waals surface area contributed by atoms with Crippen molar-refractivity contribution in [2.24, 2.45) is 0 Å². The summed E-state index contributed by atoms with van der Waals surface area (Å²) in [7, 11) is -3.93. The highest BCUT2D eigenvalue weighted by Gasteiger charge is 2.26. The average Bonchev–Trinajstić information content (AvgIpc) is 3.47. The molecule has 2 aromatic heterocycles. The zero-order valence-electron chi connectivity index (χ0n) is 20.4. The van der Waals surface area contributed by atoms with Crippen molar-refractivity contribution in [1.29, 1.82) is 0 Å². The molecule has 11 heteroatoms. The molecule has 10 nitrogen and oxygen atoms in total. The van der Waals surface area contributed by atoms with Crippen LogP contribution in [0.3, 0.4) is 0 Å². The number of nitrogens with one attached hydrogen (secondary N) is 2. The summed E-state index contributed by atoms with van der Waals surface area (Å²) in [6.45, 7) is 5.58. The monoisotopic (exact) mass is 503 g/mol. The molecule has 1 aromatic carbocycles. The molecule has 1 saturated carbocycles. The van der Waals surface area contributed by atoms with Gasteiger partial charge in [0, 0.05) is 12.0 Å². The van der Waals surface area contributed by atoms with Gasteiger partial charge in [0.1, 0.15) is 17.4 Å². The average molecular weight is 504 g/mol. The number of aromatic nitrogens is 4. The molecule has 2 heterocycles. The number of imidazole rings is 1. The fourth-order valence-corrected chi connectivity index (χ4v) is 6.04. The molecule has 1 fully saturated rings. The van der Waals surface area contributed by atoms with E-state index in [0.717, 1.165) is 37.8 Å². The van der Waals surface area contributed by atoms with Crippen molar-refractivity contribution in [2.75, 3.05) is 13.2 Å². The second-order valence-electron chi connectivity index (χ2n) is 8.96. The zero-order chi connectivity index (χ0) is 25.2. The molecular weight excluding hydrogens is 470 g/mol. The standard InChI is InChI=1S/C24H33N5O5S/c1-4-8-17(14-30)28-35(32,33)18-11-12-20(34-5-2)19(13-18)22-26-23-21(16-9-6-7-10-16)25-15(3)29(23)24(31)27-22/h11-13,16-17,28,30H,4-10,14H2,1-3H3,(H,26,27,31). The molecule has 35 heavy (non-hydrogen) atoms. The maximum atomic E-state index is 13.1. The number of ether oxygens (including phenoxy) is 1. The van der Waals surface area contributed by atoms with Crippen LogP contribution in [0.4, 0.5) is 0 Å². The second kappa shape index (κ2) is 10.5. The summed E-state index contributed by atoms with van der Waals surface area (Å²) < 4.78 is 35.9. The molecule has 3 N–H and O–H groups in total. The van der Waals surface area contributed by atoms with Crippen LogP contribution in [0.2, 0.25) is 0 Å². The first-order valence-corrected chi connectivity index (χ1v) is 13.7. The van der Waals surface area contributed by atoms with Crippen LogP contribution < -0.4 is 15.1 Å². The molecule has 4 rings (SSSR count).